The van der Waals surface area contributed by atoms with Gasteiger partial charge in [0.1, 0.15) is 0 Å². The van der Waals surface area contributed by atoms with Gasteiger partial charge in [-0.05, 0) is 37.6 Å². The molecule has 1 heterocycles. The highest BCUT2D eigenvalue weighted by atomic mass is 16.5. The topological polar surface area (TPSA) is 60.7 Å². The van der Waals surface area contributed by atoms with Crippen LogP contribution in [0, 0.1) is 13.8 Å². The van der Waals surface area contributed by atoms with Gasteiger partial charge >= 0.3 is 5.97 Å². The summed E-state index contributed by atoms with van der Waals surface area (Å²) < 4.78 is 12.5. The number of rotatable bonds is 5. The molecular weight excluding hydrogens is 270 g/mol. The normalized spacial score (nSPS) is 10.5. The number of aromatic nitrogens is 1. The number of carbonyl (C=O) groups is 1. The summed E-state index contributed by atoms with van der Waals surface area (Å²) in [6.45, 7) is 4.31. The van der Waals surface area contributed by atoms with Crippen molar-refractivity contribution in [3.05, 3.63) is 46.8 Å². The number of aryl methyl sites for hydroxylation is 1. The molecule has 0 amide bonds. The van der Waals surface area contributed by atoms with Crippen LogP contribution in [0.1, 0.15) is 27.3 Å². The number of aromatic carboxylic acids is 1. The van der Waals surface area contributed by atoms with E-state index in [4.69, 9.17) is 9.47 Å². The lowest BCUT2D eigenvalue weighted by Gasteiger charge is -2.12. The first-order valence-electron chi connectivity index (χ1n) is 6.58. The summed E-state index contributed by atoms with van der Waals surface area (Å²) in [6, 6.07) is 7.39. The van der Waals surface area contributed by atoms with Crippen molar-refractivity contribution in [2.24, 2.45) is 0 Å². The fourth-order valence-corrected chi connectivity index (χ4v) is 2.42. The predicted molar refractivity (Wildman–Crippen MR) is 79.5 cm³/mol. The second-order valence-electron chi connectivity index (χ2n) is 4.87. The lowest BCUT2D eigenvalue weighted by atomic mass is 10.2. The van der Waals surface area contributed by atoms with E-state index in [2.05, 4.69) is 0 Å². The van der Waals surface area contributed by atoms with E-state index < -0.39 is 5.97 Å². The predicted octanol–water partition coefficient (Wildman–Crippen LogP) is 2.87. The molecule has 2 rings (SSSR count). The van der Waals surface area contributed by atoms with Gasteiger partial charge in [-0.15, -0.1) is 0 Å². The molecule has 2 aromatic rings. The molecule has 0 aliphatic heterocycles. The molecule has 5 heteroatoms. The molecular formula is C16H19NO4. The average molecular weight is 289 g/mol. The van der Waals surface area contributed by atoms with Gasteiger partial charge in [0.15, 0.2) is 11.5 Å². The molecule has 0 saturated heterocycles. The lowest BCUT2D eigenvalue weighted by molar-refractivity contribution is 0.0696. The third-order valence-electron chi connectivity index (χ3n) is 3.59. The first-order valence-corrected chi connectivity index (χ1v) is 6.58. The summed E-state index contributed by atoms with van der Waals surface area (Å²) >= 11 is 0. The fraction of sp³-hybridized carbons (Fsp3) is 0.312. The summed E-state index contributed by atoms with van der Waals surface area (Å²) in [6.07, 6.45) is 0. The van der Waals surface area contributed by atoms with Crippen molar-refractivity contribution < 1.29 is 19.4 Å². The number of benzene rings is 1. The van der Waals surface area contributed by atoms with Crippen LogP contribution in [0.5, 0.6) is 11.5 Å². The third-order valence-corrected chi connectivity index (χ3v) is 3.59. The van der Waals surface area contributed by atoms with Crippen LogP contribution in [0.2, 0.25) is 0 Å². The molecule has 1 N–H and O–H groups in total. The zero-order valence-corrected chi connectivity index (χ0v) is 12.6. The van der Waals surface area contributed by atoms with E-state index in [-0.39, 0.29) is 0 Å². The number of methoxy groups -OCH3 is 2. The molecule has 1 aromatic heterocycles. The van der Waals surface area contributed by atoms with Gasteiger partial charge in [-0.25, -0.2) is 4.79 Å². The number of ether oxygens (including phenoxy) is 2. The Kier molecular flexibility index (Phi) is 4.21. The first-order chi connectivity index (χ1) is 9.97. The average Bonchev–Trinajstić information content (AvgIpc) is 2.75. The smallest absolute Gasteiger partial charge is 0.337 e. The molecule has 0 aliphatic rings. The lowest BCUT2D eigenvalue weighted by Crippen LogP contribution is -2.06. The van der Waals surface area contributed by atoms with Gasteiger partial charge in [-0.1, -0.05) is 6.07 Å². The molecule has 0 saturated carbocycles. The molecule has 0 aliphatic carbocycles. The third kappa shape index (κ3) is 2.86. The van der Waals surface area contributed by atoms with E-state index in [0.717, 1.165) is 17.0 Å². The molecule has 21 heavy (non-hydrogen) atoms. The minimum Gasteiger partial charge on any atom is -0.493 e. The molecule has 0 unspecified atom stereocenters. The summed E-state index contributed by atoms with van der Waals surface area (Å²) in [5.41, 5.74) is 3.02. The minimum atomic E-state index is -0.901. The zero-order valence-electron chi connectivity index (χ0n) is 12.6. The van der Waals surface area contributed by atoms with Crippen molar-refractivity contribution in [3.63, 3.8) is 0 Å². The Bertz CT molecular complexity index is 673. The van der Waals surface area contributed by atoms with Gasteiger partial charge in [-0.2, -0.15) is 0 Å². The Hall–Kier alpha value is -2.43. The van der Waals surface area contributed by atoms with Crippen LogP contribution in [-0.2, 0) is 6.54 Å². The second kappa shape index (κ2) is 5.91. The maximum Gasteiger partial charge on any atom is 0.337 e. The SMILES string of the molecule is COc1ccc(Cn2c(C)cc(C(=O)O)c2C)cc1OC. The second-order valence-corrected chi connectivity index (χ2v) is 4.87. The summed E-state index contributed by atoms with van der Waals surface area (Å²) in [7, 11) is 3.19. The summed E-state index contributed by atoms with van der Waals surface area (Å²) in [4.78, 5) is 11.2. The molecule has 0 radical (unpaired) electrons. The van der Waals surface area contributed by atoms with Crippen LogP contribution in [0.25, 0.3) is 0 Å². The Balaban J connectivity index is 2.36. The molecule has 0 bridgehead atoms. The zero-order chi connectivity index (χ0) is 15.6. The maximum atomic E-state index is 11.2. The number of carboxylic acid groups (broad SMARTS) is 1. The largest absolute Gasteiger partial charge is 0.493 e. The molecule has 0 atom stereocenters. The molecule has 5 nitrogen and oxygen atoms in total. The van der Waals surface area contributed by atoms with Crippen LogP contribution in [0.15, 0.2) is 24.3 Å². The first kappa shape index (κ1) is 15.0. The highest BCUT2D eigenvalue weighted by Gasteiger charge is 2.15. The van der Waals surface area contributed by atoms with E-state index in [1.54, 1.807) is 20.3 Å². The Labute approximate surface area is 123 Å². The highest BCUT2D eigenvalue weighted by molar-refractivity contribution is 5.89. The van der Waals surface area contributed by atoms with Gasteiger partial charge in [0.05, 0.1) is 19.8 Å². The van der Waals surface area contributed by atoms with Gasteiger partial charge in [0.2, 0.25) is 0 Å². The summed E-state index contributed by atoms with van der Waals surface area (Å²) in [5, 5.41) is 9.17. The van der Waals surface area contributed by atoms with Crippen LogP contribution in [0.4, 0.5) is 0 Å². The standard InChI is InChI=1S/C16H19NO4/c1-10-7-13(16(18)19)11(2)17(10)9-12-5-6-14(20-3)15(8-12)21-4/h5-8H,9H2,1-4H3,(H,18,19). The number of carboxylic acids is 1. The van der Waals surface area contributed by atoms with Crippen molar-refractivity contribution >= 4 is 5.97 Å². The van der Waals surface area contributed by atoms with Gasteiger partial charge in [0.25, 0.3) is 0 Å². The Morgan fingerprint density at radius 3 is 2.33 bits per heavy atom. The minimum absolute atomic E-state index is 0.341. The van der Waals surface area contributed by atoms with Crippen molar-refractivity contribution in [2.75, 3.05) is 14.2 Å². The van der Waals surface area contributed by atoms with E-state index in [1.807, 2.05) is 36.6 Å². The summed E-state index contributed by atoms with van der Waals surface area (Å²) in [5.74, 6) is 0.436. The molecule has 0 spiro atoms. The number of hydrogen-bond acceptors (Lipinski definition) is 3. The quantitative estimate of drug-likeness (QED) is 0.919. The Morgan fingerprint density at radius 2 is 1.81 bits per heavy atom. The number of hydrogen-bond donors (Lipinski definition) is 1. The van der Waals surface area contributed by atoms with Gasteiger partial charge in [0, 0.05) is 17.9 Å². The van der Waals surface area contributed by atoms with Crippen LogP contribution < -0.4 is 9.47 Å². The van der Waals surface area contributed by atoms with Crippen molar-refractivity contribution in [3.8, 4) is 11.5 Å². The monoisotopic (exact) mass is 289 g/mol. The number of nitrogens with zero attached hydrogens (tertiary/aromatic N) is 1. The maximum absolute atomic E-state index is 11.2. The molecule has 112 valence electrons. The van der Waals surface area contributed by atoms with E-state index >= 15 is 0 Å². The van der Waals surface area contributed by atoms with Crippen LogP contribution >= 0.6 is 0 Å². The van der Waals surface area contributed by atoms with E-state index in [0.29, 0.717) is 23.6 Å². The van der Waals surface area contributed by atoms with E-state index in [9.17, 15) is 9.90 Å². The van der Waals surface area contributed by atoms with Gasteiger partial charge < -0.3 is 19.1 Å². The van der Waals surface area contributed by atoms with Gasteiger partial charge in [-0.3, -0.25) is 0 Å². The van der Waals surface area contributed by atoms with Crippen molar-refractivity contribution in [1.82, 2.24) is 4.57 Å². The Morgan fingerprint density at radius 1 is 1.14 bits per heavy atom. The van der Waals surface area contributed by atoms with Crippen molar-refractivity contribution in [1.29, 1.82) is 0 Å². The molecule has 0 fully saturated rings. The van der Waals surface area contributed by atoms with E-state index in [1.165, 1.54) is 0 Å². The van der Waals surface area contributed by atoms with Crippen LogP contribution in [0.3, 0.4) is 0 Å². The van der Waals surface area contributed by atoms with Crippen molar-refractivity contribution in [2.45, 2.75) is 20.4 Å². The molecule has 1 aromatic carbocycles. The fourth-order valence-electron chi connectivity index (χ4n) is 2.42. The highest BCUT2D eigenvalue weighted by Crippen LogP contribution is 2.28. The van der Waals surface area contributed by atoms with Crippen LogP contribution in [-0.4, -0.2) is 29.9 Å².